The van der Waals surface area contributed by atoms with Crippen molar-refractivity contribution in [1.29, 1.82) is 0 Å². The first-order chi connectivity index (χ1) is 11.6. The van der Waals surface area contributed by atoms with Crippen LogP contribution in [-0.2, 0) is 22.5 Å². The summed E-state index contributed by atoms with van der Waals surface area (Å²) in [5.74, 6) is 1.64. The number of methoxy groups -OCH3 is 3. The summed E-state index contributed by atoms with van der Waals surface area (Å²) in [6.07, 6.45) is 1.66. The largest absolute Gasteiger partial charge is 0.493 e. The summed E-state index contributed by atoms with van der Waals surface area (Å²) in [7, 11) is 4.94. The summed E-state index contributed by atoms with van der Waals surface area (Å²) < 4.78 is 16.1. The Hall–Kier alpha value is -1.79. The third-order valence-corrected chi connectivity index (χ3v) is 5.12. The van der Waals surface area contributed by atoms with Crippen LogP contribution in [-0.4, -0.2) is 58.4 Å². The van der Waals surface area contributed by atoms with E-state index >= 15 is 0 Å². The molecular formula is C18H26N2O4. The zero-order valence-corrected chi connectivity index (χ0v) is 14.7. The van der Waals surface area contributed by atoms with Crippen LogP contribution in [0.5, 0.6) is 11.5 Å². The SMILES string of the molecule is COCC1(C(=O)N2CCc3cc(OC)c(OC)cc3C2)CCNC1. The number of benzene rings is 1. The van der Waals surface area contributed by atoms with Crippen molar-refractivity contribution in [1.82, 2.24) is 10.2 Å². The maximum absolute atomic E-state index is 13.1. The highest BCUT2D eigenvalue weighted by Crippen LogP contribution is 2.35. The lowest BCUT2D eigenvalue weighted by Gasteiger charge is -2.36. The van der Waals surface area contributed by atoms with Gasteiger partial charge < -0.3 is 24.4 Å². The molecule has 2 aliphatic rings. The second-order valence-electron chi connectivity index (χ2n) is 6.59. The molecule has 0 spiro atoms. The van der Waals surface area contributed by atoms with E-state index in [0.717, 1.165) is 37.2 Å². The quantitative estimate of drug-likeness (QED) is 0.877. The van der Waals surface area contributed by atoms with Crippen LogP contribution in [0.15, 0.2) is 12.1 Å². The summed E-state index contributed by atoms with van der Waals surface area (Å²) in [4.78, 5) is 15.1. The minimum absolute atomic E-state index is 0.190. The average Bonchev–Trinajstić information content (AvgIpc) is 3.09. The Morgan fingerprint density at radius 2 is 1.92 bits per heavy atom. The minimum Gasteiger partial charge on any atom is -0.493 e. The van der Waals surface area contributed by atoms with Crippen LogP contribution in [0.2, 0.25) is 0 Å². The van der Waals surface area contributed by atoms with Crippen LogP contribution < -0.4 is 14.8 Å². The van der Waals surface area contributed by atoms with Crippen molar-refractivity contribution >= 4 is 5.91 Å². The van der Waals surface area contributed by atoms with Gasteiger partial charge >= 0.3 is 0 Å². The second kappa shape index (κ2) is 6.99. The smallest absolute Gasteiger partial charge is 0.232 e. The molecule has 1 amide bonds. The van der Waals surface area contributed by atoms with Crippen LogP contribution in [0.25, 0.3) is 0 Å². The van der Waals surface area contributed by atoms with Gasteiger partial charge in [0.1, 0.15) is 0 Å². The van der Waals surface area contributed by atoms with Crippen molar-refractivity contribution in [2.45, 2.75) is 19.4 Å². The topological polar surface area (TPSA) is 60.0 Å². The first-order valence-electron chi connectivity index (χ1n) is 8.36. The molecular weight excluding hydrogens is 308 g/mol. The average molecular weight is 334 g/mol. The molecule has 1 unspecified atom stereocenters. The summed E-state index contributed by atoms with van der Waals surface area (Å²) in [5.41, 5.74) is 1.93. The molecule has 6 heteroatoms. The van der Waals surface area contributed by atoms with E-state index in [-0.39, 0.29) is 5.91 Å². The fraction of sp³-hybridized carbons (Fsp3) is 0.611. The van der Waals surface area contributed by atoms with Gasteiger partial charge in [0.2, 0.25) is 5.91 Å². The van der Waals surface area contributed by atoms with Crippen molar-refractivity contribution in [2.24, 2.45) is 5.41 Å². The van der Waals surface area contributed by atoms with E-state index in [1.165, 1.54) is 5.56 Å². The molecule has 24 heavy (non-hydrogen) atoms. The van der Waals surface area contributed by atoms with E-state index in [1.807, 2.05) is 17.0 Å². The monoisotopic (exact) mass is 334 g/mol. The highest BCUT2D eigenvalue weighted by molar-refractivity contribution is 5.84. The van der Waals surface area contributed by atoms with Gasteiger partial charge in [-0.15, -0.1) is 0 Å². The predicted octanol–water partition coefficient (Wildman–Crippen LogP) is 1.21. The number of amides is 1. The van der Waals surface area contributed by atoms with Crippen molar-refractivity contribution in [2.75, 3.05) is 47.6 Å². The number of nitrogens with zero attached hydrogens (tertiary/aromatic N) is 1. The molecule has 2 heterocycles. The van der Waals surface area contributed by atoms with E-state index in [2.05, 4.69) is 5.32 Å². The van der Waals surface area contributed by atoms with Crippen molar-refractivity contribution < 1.29 is 19.0 Å². The maximum Gasteiger partial charge on any atom is 0.232 e. The highest BCUT2D eigenvalue weighted by atomic mass is 16.5. The third-order valence-electron chi connectivity index (χ3n) is 5.12. The summed E-state index contributed by atoms with van der Waals surface area (Å²) >= 11 is 0. The molecule has 0 aromatic heterocycles. The van der Waals surface area contributed by atoms with Crippen LogP contribution in [0.4, 0.5) is 0 Å². The van der Waals surface area contributed by atoms with Gasteiger partial charge in [-0.2, -0.15) is 0 Å². The fourth-order valence-electron chi connectivity index (χ4n) is 3.78. The molecule has 1 saturated heterocycles. The van der Waals surface area contributed by atoms with Gasteiger partial charge in [-0.1, -0.05) is 0 Å². The fourth-order valence-corrected chi connectivity index (χ4v) is 3.78. The van der Waals surface area contributed by atoms with Gasteiger partial charge in [-0.25, -0.2) is 0 Å². The van der Waals surface area contributed by atoms with Gasteiger partial charge in [0.25, 0.3) is 0 Å². The van der Waals surface area contributed by atoms with E-state index in [0.29, 0.717) is 25.4 Å². The molecule has 0 bridgehead atoms. The Kier molecular flexibility index (Phi) is 4.96. The Balaban J connectivity index is 1.82. The lowest BCUT2D eigenvalue weighted by Crippen LogP contribution is -2.49. The number of carbonyl (C=O) groups excluding carboxylic acids is 1. The Morgan fingerprint density at radius 1 is 1.21 bits per heavy atom. The number of rotatable bonds is 5. The van der Waals surface area contributed by atoms with Crippen LogP contribution in [0.1, 0.15) is 17.5 Å². The first-order valence-corrected chi connectivity index (χ1v) is 8.36. The lowest BCUT2D eigenvalue weighted by molar-refractivity contribution is -0.145. The van der Waals surface area contributed by atoms with Gasteiger partial charge in [0.15, 0.2) is 11.5 Å². The number of carbonyl (C=O) groups is 1. The molecule has 6 nitrogen and oxygen atoms in total. The molecule has 1 aromatic carbocycles. The maximum atomic E-state index is 13.1. The summed E-state index contributed by atoms with van der Waals surface area (Å²) in [6, 6.07) is 4.02. The zero-order chi connectivity index (χ0) is 17.2. The number of ether oxygens (including phenoxy) is 3. The second-order valence-corrected chi connectivity index (χ2v) is 6.59. The lowest BCUT2D eigenvalue weighted by atomic mass is 9.85. The number of nitrogens with one attached hydrogen (secondary N) is 1. The molecule has 0 saturated carbocycles. The third kappa shape index (κ3) is 2.96. The van der Waals surface area contributed by atoms with Gasteiger partial charge in [0.05, 0.1) is 26.2 Å². The summed E-state index contributed by atoms with van der Waals surface area (Å²) in [5, 5.41) is 3.31. The molecule has 1 fully saturated rings. The minimum atomic E-state index is -0.428. The van der Waals surface area contributed by atoms with Crippen LogP contribution >= 0.6 is 0 Å². The number of hydrogen-bond acceptors (Lipinski definition) is 5. The van der Waals surface area contributed by atoms with Crippen molar-refractivity contribution in [3.05, 3.63) is 23.3 Å². The standard InChI is InChI=1S/C18H26N2O4/c1-22-12-18(5-6-19-11-18)17(21)20-7-4-13-8-15(23-2)16(24-3)9-14(13)10-20/h8-9,19H,4-7,10-12H2,1-3H3. The Morgan fingerprint density at radius 3 is 2.50 bits per heavy atom. The normalized spacial score (nSPS) is 23.0. The van der Waals surface area contributed by atoms with E-state index < -0.39 is 5.41 Å². The van der Waals surface area contributed by atoms with Gasteiger partial charge in [-0.3, -0.25) is 4.79 Å². The molecule has 132 valence electrons. The first kappa shape index (κ1) is 17.0. The number of fused-ring (bicyclic) bond motifs is 1. The molecule has 1 atom stereocenters. The zero-order valence-electron chi connectivity index (χ0n) is 14.7. The molecule has 0 radical (unpaired) electrons. The van der Waals surface area contributed by atoms with E-state index in [4.69, 9.17) is 14.2 Å². The van der Waals surface area contributed by atoms with Crippen LogP contribution in [0, 0.1) is 5.41 Å². The highest BCUT2D eigenvalue weighted by Gasteiger charge is 2.44. The van der Waals surface area contributed by atoms with Crippen LogP contribution in [0.3, 0.4) is 0 Å². The predicted molar refractivity (Wildman–Crippen MR) is 90.5 cm³/mol. The van der Waals surface area contributed by atoms with Gasteiger partial charge in [0, 0.05) is 26.7 Å². The molecule has 1 aromatic rings. The van der Waals surface area contributed by atoms with E-state index in [9.17, 15) is 4.79 Å². The van der Waals surface area contributed by atoms with Crippen molar-refractivity contribution in [3.63, 3.8) is 0 Å². The molecule has 1 N–H and O–H groups in total. The van der Waals surface area contributed by atoms with Crippen molar-refractivity contribution in [3.8, 4) is 11.5 Å². The summed E-state index contributed by atoms with van der Waals surface area (Å²) in [6.45, 7) is 3.36. The Labute approximate surface area is 143 Å². The molecule has 0 aliphatic carbocycles. The Bertz CT molecular complexity index is 611. The molecule has 2 aliphatic heterocycles. The molecule has 3 rings (SSSR count). The van der Waals surface area contributed by atoms with Gasteiger partial charge in [-0.05, 0) is 42.6 Å². The van der Waals surface area contributed by atoms with E-state index in [1.54, 1.807) is 21.3 Å². The number of hydrogen-bond donors (Lipinski definition) is 1.